The van der Waals surface area contributed by atoms with E-state index in [9.17, 15) is 4.79 Å². The van der Waals surface area contributed by atoms with Gasteiger partial charge in [-0.05, 0) is 32.0 Å². The zero-order valence-electron chi connectivity index (χ0n) is 11.0. The fourth-order valence-corrected chi connectivity index (χ4v) is 1.53. The van der Waals surface area contributed by atoms with Gasteiger partial charge in [0.05, 0.1) is 20.1 Å². The topological polar surface area (TPSA) is 47.6 Å². The largest absolute Gasteiger partial charge is 0.494 e. The van der Waals surface area contributed by atoms with Gasteiger partial charge >= 0.3 is 5.97 Å². The van der Waals surface area contributed by atoms with Crippen LogP contribution in [0.3, 0.4) is 0 Å². The Morgan fingerprint density at radius 3 is 2.72 bits per heavy atom. The molecule has 1 rings (SSSR count). The Hall–Kier alpha value is -1.55. The molecule has 1 aromatic carbocycles. The molecule has 1 aromatic rings. The quantitative estimate of drug-likeness (QED) is 0.567. The van der Waals surface area contributed by atoms with Gasteiger partial charge in [-0.2, -0.15) is 0 Å². The fourth-order valence-electron chi connectivity index (χ4n) is 1.53. The molecule has 0 amide bonds. The van der Waals surface area contributed by atoms with Gasteiger partial charge in [0, 0.05) is 6.04 Å². The van der Waals surface area contributed by atoms with Crippen molar-refractivity contribution in [3.63, 3.8) is 0 Å². The highest BCUT2D eigenvalue weighted by molar-refractivity contribution is 5.69. The third kappa shape index (κ3) is 6.25. The van der Waals surface area contributed by atoms with Crippen LogP contribution in [0.5, 0.6) is 5.75 Å². The third-order valence-electron chi connectivity index (χ3n) is 2.53. The molecule has 0 aliphatic rings. The average molecular weight is 251 g/mol. The molecular weight excluding hydrogens is 230 g/mol. The average Bonchev–Trinajstić information content (AvgIpc) is 2.39. The molecule has 18 heavy (non-hydrogen) atoms. The van der Waals surface area contributed by atoms with Gasteiger partial charge in [0.15, 0.2) is 0 Å². The zero-order valence-corrected chi connectivity index (χ0v) is 11.0. The second-order valence-corrected chi connectivity index (χ2v) is 4.15. The van der Waals surface area contributed by atoms with E-state index >= 15 is 0 Å². The molecule has 0 aliphatic heterocycles. The molecule has 100 valence electrons. The van der Waals surface area contributed by atoms with Crippen LogP contribution in [0.2, 0.25) is 0 Å². The first-order chi connectivity index (χ1) is 8.72. The van der Waals surface area contributed by atoms with Crippen molar-refractivity contribution >= 4 is 5.97 Å². The summed E-state index contributed by atoms with van der Waals surface area (Å²) in [7, 11) is 1.41. The smallest absolute Gasteiger partial charge is 0.307 e. The predicted octanol–water partition coefficient (Wildman–Crippen LogP) is 2.00. The highest BCUT2D eigenvalue weighted by atomic mass is 16.5. The monoisotopic (exact) mass is 251 g/mol. The van der Waals surface area contributed by atoms with Gasteiger partial charge in [-0.15, -0.1) is 0 Å². The van der Waals surface area contributed by atoms with Crippen molar-refractivity contribution in [2.24, 2.45) is 0 Å². The van der Waals surface area contributed by atoms with E-state index in [0.717, 1.165) is 18.7 Å². The lowest BCUT2D eigenvalue weighted by Crippen LogP contribution is -2.30. The molecular formula is C14H21NO3. The maximum Gasteiger partial charge on any atom is 0.307 e. The Labute approximate surface area is 108 Å². The molecule has 1 atom stereocenters. The Morgan fingerprint density at radius 2 is 2.06 bits per heavy atom. The molecule has 4 heteroatoms. The van der Waals surface area contributed by atoms with Crippen molar-refractivity contribution in [2.75, 3.05) is 20.3 Å². The lowest BCUT2D eigenvalue weighted by Gasteiger charge is -2.12. The van der Waals surface area contributed by atoms with Crippen molar-refractivity contribution in [3.8, 4) is 5.75 Å². The summed E-state index contributed by atoms with van der Waals surface area (Å²) in [5.41, 5.74) is 0. The summed E-state index contributed by atoms with van der Waals surface area (Å²) in [4.78, 5) is 11.0. The van der Waals surface area contributed by atoms with Crippen molar-refractivity contribution in [3.05, 3.63) is 30.3 Å². The van der Waals surface area contributed by atoms with E-state index in [1.807, 2.05) is 37.3 Å². The molecule has 0 bridgehead atoms. The van der Waals surface area contributed by atoms with Gasteiger partial charge in [-0.3, -0.25) is 4.79 Å². The summed E-state index contributed by atoms with van der Waals surface area (Å²) >= 11 is 0. The van der Waals surface area contributed by atoms with Crippen LogP contribution in [-0.2, 0) is 9.53 Å². The summed E-state index contributed by atoms with van der Waals surface area (Å²) in [5, 5.41) is 3.25. The van der Waals surface area contributed by atoms with Crippen LogP contribution in [0.25, 0.3) is 0 Å². The molecule has 0 radical (unpaired) electrons. The maximum absolute atomic E-state index is 11.0. The zero-order chi connectivity index (χ0) is 13.2. The van der Waals surface area contributed by atoms with E-state index in [4.69, 9.17) is 4.74 Å². The molecule has 0 spiro atoms. The summed E-state index contributed by atoms with van der Waals surface area (Å²) in [6.45, 7) is 3.46. The Bertz CT molecular complexity index is 340. The molecule has 0 aliphatic carbocycles. The Morgan fingerprint density at radius 1 is 1.33 bits per heavy atom. The first-order valence-corrected chi connectivity index (χ1v) is 6.20. The molecule has 1 unspecified atom stereocenters. The van der Waals surface area contributed by atoms with E-state index < -0.39 is 0 Å². The molecule has 4 nitrogen and oxygen atoms in total. The number of ether oxygens (including phenoxy) is 2. The van der Waals surface area contributed by atoms with E-state index in [1.165, 1.54) is 7.11 Å². The van der Waals surface area contributed by atoms with Crippen LogP contribution >= 0.6 is 0 Å². The molecule has 0 heterocycles. The van der Waals surface area contributed by atoms with Gasteiger partial charge in [0.2, 0.25) is 0 Å². The highest BCUT2D eigenvalue weighted by Crippen LogP contribution is 2.08. The summed E-state index contributed by atoms with van der Waals surface area (Å²) in [6.07, 6.45) is 1.30. The lowest BCUT2D eigenvalue weighted by atomic mass is 10.2. The number of benzene rings is 1. The summed E-state index contributed by atoms with van der Waals surface area (Å²) in [6, 6.07) is 9.87. The van der Waals surface area contributed by atoms with E-state index in [1.54, 1.807) is 0 Å². The number of rotatable bonds is 8. The molecule has 0 saturated carbocycles. The van der Waals surface area contributed by atoms with Crippen LogP contribution in [0.1, 0.15) is 19.8 Å². The van der Waals surface area contributed by atoms with Gasteiger partial charge in [0.25, 0.3) is 0 Å². The molecule has 0 saturated heterocycles. The number of carbonyl (C=O) groups is 1. The predicted molar refractivity (Wildman–Crippen MR) is 70.7 cm³/mol. The first-order valence-electron chi connectivity index (χ1n) is 6.20. The number of carbonyl (C=O) groups excluding carboxylic acids is 1. The SMILES string of the molecule is COC(=O)CC(C)NCCCOc1ccccc1. The van der Waals surface area contributed by atoms with Crippen LogP contribution in [0, 0.1) is 0 Å². The van der Waals surface area contributed by atoms with E-state index in [0.29, 0.717) is 13.0 Å². The van der Waals surface area contributed by atoms with E-state index in [-0.39, 0.29) is 12.0 Å². The minimum atomic E-state index is -0.185. The number of esters is 1. The summed E-state index contributed by atoms with van der Waals surface area (Å²) < 4.78 is 10.2. The van der Waals surface area contributed by atoms with Crippen LogP contribution < -0.4 is 10.1 Å². The molecule has 0 fully saturated rings. The number of nitrogens with one attached hydrogen (secondary N) is 1. The van der Waals surface area contributed by atoms with Crippen molar-refractivity contribution in [1.82, 2.24) is 5.32 Å². The van der Waals surface area contributed by atoms with Gasteiger partial charge in [-0.1, -0.05) is 18.2 Å². The molecule has 0 aromatic heterocycles. The lowest BCUT2D eigenvalue weighted by molar-refractivity contribution is -0.141. The summed E-state index contributed by atoms with van der Waals surface area (Å²) in [5.74, 6) is 0.704. The van der Waals surface area contributed by atoms with Crippen molar-refractivity contribution in [1.29, 1.82) is 0 Å². The minimum absolute atomic E-state index is 0.133. The number of methoxy groups -OCH3 is 1. The second-order valence-electron chi connectivity index (χ2n) is 4.15. The second kappa shape index (κ2) is 8.53. The first kappa shape index (κ1) is 14.5. The standard InChI is InChI=1S/C14H21NO3/c1-12(11-14(16)17-2)15-9-6-10-18-13-7-4-3-5-8-13/h3-5,7-8,12,15H,6,9-11H2,1-2H3. The highest BCUT2D eigenvalue weighted by Gasteiger charge is 2.07. The van der Waals surface area contributed by atoms with E-state index in [2.05, 4.69) is 10.1 Å². The number of hydrogen-bond acceptors (Lipinski definition) is 4. The maximum atomic E-state index is 11.0. The fraction of sp³-hybridized carbons (Fsp3) is 0.500. The van der Waals surface area contributed by atoms with Crippen LogP contribution in [-0.4, -0.2) is 32.3 Å². The number of hydrogen-bond donors (Lipinski definition) is 1. The van der Waals surface area contributed by atoms with Gasteiger partial charge in [0.1, 0.15) is 5.75 Å². The van der Waals surface area contributed by atoms with Crippen LogP contribution in [0.15, 0.2) is 30.3 Å². The van der Waals surface area contributed by atoms with Crippen LogP contribution in [0.4, 0.5) is 0 Å². The number of para-hydroxylation sites is 1. The third-order valence-corrected chi connectivity index (χ3v) is 2.53. The van der Waals surface area contributed by atoms with Gasteiger partial charge in [-0.25, -0.2) is 0 Å². The molecule has 1 N–H and O–H groups in total. The minimum Gasteiger partial charge on any atom is -0.494 e. The normalized spacial score (nSPS) is 11.9. The van der Waals surface area contributed by atoms with Crippen molar-refractivity contribution < 1.29 is 14.3 Å². The van der Waals surface area contributed by atoms with Gasteiger partial charge < -0.3 is 14.8 Å². The van der Waals surface area contributed by atoms with Crippen molar-refractivity contribution in [2.45, 2.75) is 25.8 Å². The Balaban J connectivity index is 2.03. The Kier molecular flexibility index (Phi) is 6.87.